The summed E-state index contributed by atoms with van der Waals surface area (Å²) in [4.78, 5) is 11.1. The Balaban J connectivity index is 2.20. The van der Waals surface area contributed by atoms with Crippen molar-refractivity contribution in [1.29, 1.82) is 0 Å². The van der Waals surface area contributed by atoms with Crippen molar-refractivity contribution in [2.45, 2.75) is 0 Å². The van der Waals surface area contributed by atoms with E-state index < -0.39 is 0 Å². The fraction of sp³-hybridized carbons (Fsp3) is 0. The van der Waals surface area contributed by atoms with Crippen molar-refractivity contribution in [3.63, 3.8) is 0 Å². The van der Waals surface area contributed by atoms with Crippen LogP contribution in [0.4, 0.5) is 0 Å². The number of carbonyl (C=O) groups is 1. The van der Waals surface area contributed by atoms with Crippen molar-refractivity contribution in [1.82, 2.24) is 0 Å². The van der Waals surface area contributed by atoms with E-state index in [0.29, 0.717) is 5.56 Å². The van der Waals surface area contributed by atoms with Crippen LogP contribution in [0.25, 0.3) is 0 Å². The van der Waals surface area contributed by atoms with Crippen LogP contribution in [0.2, 0.25) is 0 Å². The molecule has 3 heteroatoms. The fourth-order valence-corrected chi connectivity index (χ4v) is 2.72. The van der Waals surface area contributed by atoms with Crippen LogP contribution in [0.15, 0.2) is 78.9 Å². The second-order valence-electron chi connectivity index (χ2n) is 5.19. The first-order valence-electron chi connectivity index (χ1n) is 7.17. The van der Waals surface area contributed by atoms with Gasteiger partial charge in [-0.05, 0) is 17.6 Å². The summed E-state index contributed by atoms with van der Waals surface area (Å²) >= 11 is 0. The number of hydrogen-bond acceptors (Lipinski definition) is 2. The molecular weight excluding hydrogens is 271 g/mol. The largest absolute Gasteiger partial charge is 0.508 e. The minimum Gasteiger partial charge on any atom is -0.508 e. The van der Waals surface area contributed by atoms with E-state index in [1.54, 1.807) is 18.2 Å². The zero-order valence-corrected chi connectivity index (χ0v) is 12.0. The van der Waals surface area contributed by atoms with Gasteiger partial charge in [-0.2, -0.15) is 0 Å². The highest BCUT2D eigenvalue weighted by molar-refractivity contribution is 6.96. The maximum absolute atomic E-state index is 11.1. The molecule has 0 saturated heterocycles. The third-order valence-corrected chi connectivity index (χ3v) is 3.76. The van der Waals surface area contributed by atoms with E-state index >= 15 is 0 Å². The molecule has 3 aromatic carbocycles. The van der Waals surface area contributed by atoms with Gasteiger partial charge in [0, 0.05) is 5.56 Å². The summed E-state index contributed by atoms with van der Waals surface area (Å²) in [5.74, 6) is 0.198. The second kappa shape index (κ2) is 6.31. The molecule has 0 unspecified atom stereocenters. The summed E-state index contributed by atoms with van der Waals surface area (Å²) in [7, 11) is 0. The van der Waals surface area contributed by atoms with E-state index in [0.717, 1.165) is 22.7 Å². The molecule has 0 aromatic heterocycles. The number of carbonyl (C=O) groups excluding carboxylic acids is 1. The smallest absolute Gasteiger partial charge is 0.246 e. The minimum absolute atomic E-state index is 0.109. The molecule has 0 aliphatic rings. The zero-order valence-electron chi connectivity index (χ0n) is 12.0. The van der Waals surface area contributed by atoms with Crippen molar-refractivity contribution in [3.05, 3.63) is 84.4 Å². The zero-order chi connectivity index (χ0) is 15.4. The molecule has 0 spiro atoms. The van der Waals surface area contributed by atoms with Gasteiger partial charge in [0.1, 0.15) is 12.0 Å². The molecular formula is C19H15BO2. The third kappa shape index (κ3) is 2.79. The first kappa shape index (κ1) is 14.1. The molecule has 0 radical (unpaired) electrons. The Kier molecular flexibility index (Phi) is 4.06. The van der Waals surface area contributed by atoms with Crippen LogP contribution in [0, 0.1) is 0 Å². The predicted octanol–water partition coefficient (Wildman–Crippen LogP) is 1.72. The Morgan fingerprint density at radius 3 is 1.82 bits per heavy atom. The van der Waals surface area contributed by atoms with Crippen molar-refractivity contribution in [3.8, 4) is 5.75 Å². The maximum atomic E-state index is 11.1. The highest BCUT2D eigenvalue weighted by Gasteiger charge is 2.24. The van der Waals surface area contributed by atoms with Crippen molar-refractivity contribution < 1.29 is 9.90 Å². The van der Waals surface area contributed by atoms with Crippen LogP contribution >= 0.6 is 0 Å². The Morgan fingerprint density at radius 1 is 0.773 bits per heavy atom. The molecule has 0 aliphatic carbocycles. The van der Waals surface area contributed by atoms with Gasteiger partial charge >= 0.3 is 0 Å². The number of rotatable bonds is 4. The van der Waals surface area contributed by atoms with Crippen molar-refractivity contribution >= 4 is 29.4 Å². The fourth-order valence-electron chi connectivity index (χ4n) is 2.72. The Morgan fingerprint density at radius 2 is 1.32 bits per heavy atom. The van der Waals surface area contributed by atoms with Crippen molar-refractivity contribution in [2.75, 3.05) is 0 Å². The molecule has 2 nitrogen and oxygen atoms in total. The molecule has 22 heavy (non-hydrogen) atoms. The van der Waals surface area contributed by atoms with Gasteiger partial charge in [-0.25, -0.2) is 0 Å². The van der Waals surface area contributed by atoms with E-state index in [1.165, 1.54) is 0 Å². The standard InChI is InChI=1S/C19H15BO2/c21-14-15-11-12-19(22)18(13-15)20(16-7-3-1-4-8-16)17-9-5-2-6-10-17/h1-14,22H. The summed E-state index contributed by atoms with van der Waals surface area (Å²) in [6.45, 7) is -0.109. The molecule has 0 heterocycles. The Bertz CT molecular complexity index is 730. The molecule has 0 bridgehead atoms. The monoisotopic (exact) mass is 286 g/mol. The lowest BCUT2D eigenvalue weighted by Gasteiger charge is -2.17. The van der Waals surface area contributed by atoms with E-state index in [-0.39, 0.29) is 12.5 Å². The van der Waals surface area contributed by atoms with E-state index in [2.05, 4.69) is 0 Å². The number of phenols is 1. The molecule has 0 amide bonds. The quantitative estimate of drug-likeness (QED) is 0.586. The summed E-state index contributed by atoms with van der Waals surface area (Å²) in [5.41, 5.74) is 3.45. The Hall–Kier alpha value is -2.81. The summed E-state index contributed by atoms with van der Waals surface area (Å²) in [6, 6.07) is 24.9. The van der Waals surface area contributed by atoms with Gasteiger partial charge in [0.15, 0.2) is 0 Å². The Labute approximate surface area is 130 Å². The van der Waals surface area contributed by atoms with Gasteiger partial charge in [-0.15, -0.1) is 0 Å². The lowest BCUT2D eigenvalue weighted by molar-refractivity contribution is 0.112. The van der Waals surface area contributed by atoms with E-state index in [9.17, 15) is 9.90 Å². The molecule has 3 rings (SSSR count). The molecule has 0 fully saturated rings. The van der Waals surface area contributed by atoms with Gasteiger partial charge in [0.05, 0.1) is 0 Å². The number of phenolic OH excluding ortho intramolecular Hbond substituents is 1. The average Bonchev–Trinajstić information content (AvgIpc) is 2.59. The summed E-state index contributed by atoms with van der Waals surface area (Å²) in [6.07, 6.45) is 0.802. The topological polar surface area (TPSA) is 37.3 Å². The highest BCUT2D eigenvalue weighted by Crippen LogP contribution is 2.09. The minimum atomic E-state index is -0.109. The molecule has 0 saturated carbocycles. The van der Waals surface area contributed by atoms with Gasteiger partial charge < -0.3 is 5.11 Å². The summed E-state index contributed by atoms with van der Waals surface area (Å²) in [5, 5.41) is 10.3. The second-order valence-corrected chi connectivity index (χ2v) is 5.19. The van der Waals surface area contributed by atoms with Gasteiger partial charge in [0.25, 0.3) is 0 Å². The maximum Gasteiger partial charge on any atom is 0.246 e. The molecule has 1 N–H and O–H groups in total. The van der Waals surface area contributed by atoms with Gasteiger partial charge in [-0.1, -0.05) is 77.7 Å². The third-order valence-electron chi connectivity index (χ3n) is 3.76. The van der Waals surface area contributed by atoms with Crippen LogP contribution in [-0.4, -0.2) is 18.1 Å². The van der Waals surface area contributed by atoms with Crippen molar-refractivity contribution in [2.24, 2.45) is 0 Å². The van der Waals surface area contributed by atoms with Crippen LogP contribution < -0.4 is 16.4 Å². The van der Waals surface area contributed by atoms with Gasteiger partial charge in [0.2, 0.25) is 6.71 Å². The van der Waals surface area contributed by atoms with Crippen LogP contribution in [0.1, 0.15) is 10.4 Å². The number of hydrogen-bond donors (Lipinski definition) is 1. The number of aldehydes is 1. The normalized spacial score (nSPS) is 10.2. The first-order valence-corrected chi connectivity index (χ1v) is 7.17. The lowest BCUT2D eigenvalue weighted by Crippen LogP contribution is -2.52. The van der Waals surface area contributed by atoms with E-state index in [1.807, 2.05) is 60.7 Å². The van der Waals surface area contributed by atoms with Crippen LogP contribution in [-0.2, 0) is 0 Å². The molecule has 0 atom stereocenters. The predicted molar refractivity (Wildman–Crippen MR) is 91.0 cm³/mol. The summed E-state index contributed by atoms with van der Waals surface area (Å²) < 4.78 is 0. The first-order chi connectivity index (χ1) is 10.8. The average molecular weight is 286 g/mol. The molecule has 3 aromatic rings. The lowest BCUT2D eigenvalue weighted by atomic mass is 9.36. The van der Waals surface area contributed by atoms with Crippen LogP contribution in [0.3, 0.4) is 0 Å². The van der Waals surface area contributed by atoms with E-state index in [4.69, 9.17) is 0 Å². The molecule has 106 valence electrons. The molecule has 0 aliphatic heterocycles. The van der Waals surface area contributed by atoms with Crippen LogP contribution in [0.5, 0.6) is 5.75 Å². The number of aromatic hydroxyl groups is 1. The van der Waals surface area contributed by atoms with Gasteiger partial charge in [-0.3, -0.25) is 4.79 Å². The highest BCUT2D eigenvalue weighted by atomic mass is 16.3. The number of benzene rings is 3. The SMILES string of the molecule is O=Cc1ccc(O)c(B(c2ccccc2)c2ccccc2)c1.